The van der Waals surface area contributed by atoms with Crippen LogP contribution in [0.3, 0.4) is 0 Å². The van der Waals surface area contributed by atoms with Crippen molar-refractivity contribution in [2.24, 2.45) is 0 Å². The molecule has 0 aliphatic carbocycles. The van der Waals surface area contributed by atoms with E-state index in [2.05, 4.69) is 25.6 Å². The van der Waals surface area contributed by atoms with E-state index in [-0.39, 0.29) is 0 Å². The monoisotopic (exact) mass is 131 g/mol. The minimum absolute atomic E-state index is 0.923. The molecule has 1 aromatic carbocycles. The van der Waals surface area contributed by atoms with Crippen molar-refractivity contribution < 1.29 is 0 Å². The normalized spacial score (nSPS) is 9.30. The Hall–Kier alpha value is -1.04. The van der Waals surface area contributed by atoms with Gasteiger partial charge in [-0.05, 0) is 30.5 Å². The lowest BCUT2D eigenvalue weighted by atomic mass is 10.1. The lowest BCUT2D eigenvalue weighted by Gasteiger charge is -1.98. The van der Waals surface area contributed by atoms with Gasteiger partial charge in [-0.2, -0.15) is 0 Å². The van der Waals surface area contributed by atoms with Crippen molar-refractivity contribution in [3.05, 3.63) is 48.0 Å². The van der Waals surface area contributed by atoms with Crippen LogP contribution in [-0.4, -0.2) is 0 Å². The van der Waals surface area contributed by atoms with Crippen molar-refractivity contribution in [1.82, 2.24) is 0 Å². The first kappa shape index (κ1) is 7.07. The second-order valence-electron chi connectivity index (χ2n) is 2.32. The summed E-state index contributed by atoms with van der Waals surface area (Å²) in [5, 5.41) is 0. The molecule has 0 N–H and O–H groups in total. The number of hydrogen-bond acceptors (Lipinski definition) is 0. The first-order valence-electron chi connectivity index (χ1n) is 3.41. The Labute approximate surface area is 62.2 Å². The van der Waals surface area contributed by atoms with Gasteiger partial charge >= 0.3 is 0 Å². The Morgan fingerprint density at radius 1 is 1.70 bits per heavy atom. The molecular weight excluding hydrogens is 120 g/mol. The van der Waals surface area contributed by atoms with Gasteiger partial charge in [-0.3, -0.25) is 0 Å². The summed E-state index contributed by atoms with van der Waals surface area (Å²) in [6, 6.07) is 9.20. The van der Waals surface area contributed by atoms with Gasteiger partial charge in [-0.1, -0.05) is 24.3 Å². The SMILES string of the molecule is C=CCc1[c]cccc1C. The van der Waals surface area contributed by atoms with E-state index in [0.29, 0.717) is 0 Å². The van der Waals surface area contributed by atoms with Crippen molar-refractivity contribution in [3.8, 4) is 0 Å². The van der Waals surface area contributed by atoms with Gasteiger partial charge in [0.25, 0.3) is 0 Å². The second kappa shape index (κ2) is 3.21. The third kappa shape index (κ3) is 1.47. The summed E-state index contributed by atoms with van der Waals surface area (Å²) >= 11 is 0. The summed E-state index contributed by atoms with van der Waals surface area (Å²) in [5.74, 6) is 0. The van der Waals surface area contributed by atoms with Crippen LogP contribution in [0.1, 0.15) is 11.1 Å². The zero-order valence-corrected chi connectivity index (χ0v) is 6.22. The molecule has 0 aliphatic heterocycles. The molecule has 0 unspecified atom stereocenters. The highest BCUT2D eigenvalue weighted by molar-refractivity contribution is 5.25. The first-order valence-corrected chi connectivity index (χ1v) is 3.41. The standard InChI is InChI=1S/C10H11/c1-3-6-10-8-5-4-7-9(10)2/h3-5,7H,1,6H2,2H3. The zero-order chi connectivity index (χ0) is 7.40. The van der Waals surface area contributed by atoms with E-state index in [1.807, 2.05) is 18.2 Å². The van der Waals surface area contributed by atoms with E-state index < -0.39 is 0 Å². The Bertz CT molecular complexity index is 223. The largest absolute Gasteiger partial charge is 0.103 e. The van der Waals surface area contributed by atoms with Crippen LogP contribution in [-0.2, 0) is 6.42 Å². The summed E-state index contributed by atoms with van der Waals surface area (Å²) in [6.07, 6.45) is 2.82. The van der Waals surface area contributed by atoms with E-state index in [1.54, 1.807) is 0 Å². The molecule has 1 radical (unpaired) electrons. The van der Waals surface area contributed by atoms with E-state index >= 15 is 0 Å². The molecule has 0 saturated heterocycles. The Balaban J connectivity index is 2.91. The van der Waals surface area contributed by atoms with Crippen molar-refractivity contribution in [2.75, 3.05) is 0 Å². The summed E-state index contributed by atoms with van der Waals surface area (Å²) in [6.45, 7) is 5.77. The average Bonchev–Trinajstić information content (AvgIpc) is 1.94. The van der Waals surface area contributed by atoms with Crippen molar-refractivity contribution in [1.29, 1.82) is 0 Å². The Morgan fingerprint density at radius 3 is 3.10 bits per heavy atom. The van der Waals surface area contributed by atoms with Gasteiger partial charge in [0, 0.05) is 0 Å². The smallest absolute Gasteiger partial charge is 0.00913 e. The first-order chi connectivity index (χ1) is 4.84. The highest BCUT2D eigenvalue weighted by atomic mass is 14.0. The molecule has 0 amide bonds. The molecular formula is C10H11. The molecule has 1 rings (SSSR count). The van der Waals surface area contributed by atoms with Gasteiger partial charge in [0.05, 0.1) is 0 Å². The van der Waals surface area contributed by atoms with E-state index in [0.717, 1.165) is 6.42 Å². The highest BCUT2D eigenvalue weighted by Crippen LogP contribution is 2.06. The number of aryl methyl sites for hydroxylation is 1. The van der Waals surface area contributed by atoms with Crippen LogP contribution in [0, 0.1) is 13.0 Å². The van der Waals surface area contributed by atoms with Gasteiger partial charge in [-0.15, -0.1) is 6.58 Å². The maximum atomic E-state index is 3.68. The van der Waals surface area contributed by atoms with Gasteiger partial charge in [0.1, 0.15) is 0 Å². The molecule has 0 heterocycles. The fourth-order valence-corrected chi connectivity index (χ4v) is 0.920. The molecule has 10 heavy (non-hydrogen) atoms. The minimum Gasteiger partial charge on any atom is -0.103 e. The lowest BCUT2D eigenvalue weighted by Crippen LogP contribution is -1.84. The highest BCUT2D eigenvalue weighted by Gasteiger charge is 1.91. The van der Waals surface area contributed by atoms with Gasteiger partial charge in [0.2, 0.25) is 0 Å². The fourth-order valence-electron chi connectivity index (χ4n) is 0.920. The predicted octanol–water partition coefficient (Wildman–Crippen LogP) is 2.52. The van der Waals surface area contributed by atoms with E-state index in [1.165, 1.54) is 11.1 Å². The molecule has 0 fully saturated rings. The Morgan fingerprint density at radius 2 is 2.50 bits per heavy atom. The molecule has 51 valence electrons. The van der Waals surface area contributed by atoms with E-state index in [4.69, 9.17) is 0 Å². The van der Waals surface area contributed by atoms with Gasteiger partial charge < -0.3 is 0 Å². The molecule has 0 saturated carbocycles. The molecule has 0 heteroatoms. The van der Waals surface area contributed by atoms with E-state index in [9.17, 15) is 0 Å². The van der Waals surface area contributed by atoms with Crippen LogP contribution in [0.2, 0.25) is 0 Å². The number of benzene rings is 1. The van der Waals surface area contributed by atoms with Crippen LogP contribution in [0.4, 0.5) is 0 Å². The third-order valence-electron chi connectivity index (χ3n) is 1.52. The number of hydrogen-bond donors (Lipinski definition) is 0. The Kier molecular flexibility index (Phi) is 2.27. The van der Waals surface area contributed by atoms with Gasteiger partial charge in [0.15, 0.2) is 0 Å². The maximum absolute atomic E-state index is 3.68. The number of allylic oxidation sites excluding steroid dienone is 1. The summed E-state index contributed by atoms with van der Waals surface area (Å²) in [7, 11) is 0. The number of rotatable bonds is 2. The summed E-state index contributed by atoms with van der Waals surface area (Å²) in [4.78, 5) is 0. The quantitative estimate of drug-likeness (QED) is 0.541. The molecule has 1 aromatic rings. The minimum atomic E-state index is 0.923. The molecule has 0 aliphatic rings. The van der Waals surface area contributed by atoms with Crippen molar-refractivity contribution in [2.45, 2.75) is 13.3 Å². The molecule has 0 nitrogen and oxygen atoms in total. The summed E-state index contributed by atoms with van der Waals surface area (Å²) in [5.41, 5.74) is 2.54. The zero-order valence-electron chi connectivity index (χ0n) is 6.22. The van der Waals surface area contributed by atoms with Crippen LogP contribution < -0.4 is 0 Å². The summed E-state index contributed by atoms with van der Waals surface area (Å²) < 4.78 is 0. The molecule has 0 aromatic heterocycles. The predicted molar refractivity (Wildman–Crippen MR) is 43.9 cm³/mol. The van der Waals surface area contributed by atoms with Crippen LogP contribution >= 0.6 is 0 Å². The van der Waals surface area contributed by atoms with Crippen LogP contribution in [0.25, 0.3) is 0 Å². The molecule has 0 spiro atoms. The third-order valence-corrected chi connectivity index (χ3v) is 1.52. The maximum Gasteiger partial charge on any atom is -0.00913 e. The fraction of sp³-hybridized carbons (Fsp3) is 0.200. The topological polar surface area (TPSA) is 0 Å². The van der Waals surface area contributed by atoms with Crippen molar-refractivity contribution >= 4 is 0 Å². The molecule has 0 atom stereocenters. The van der Waals surface area contributed by atoms with Crippen LogP contribution in [0.15, 0.2) is 30.9 Å². The van der Waals surface area contributed by atoms with Crippen molar-refractivity contribution in [3.63, 3.8) is 0 Å². The second-order valence-corrected chi connectivity index (χ2v) is 2.32. The molecule has 0 bridgehead atoms. The van der Waals surface area contributed by atoms with Crippen LogP contribution in [0.5, 0.6) is 0 Å². The van der Waals surface area contributed by atoms with Gasteiger partial charge in [-0.25, -0.2) is 0 Å². The lowest BCUT2D eigenvalue weighted by molar-refractivity contribution is 1.21. The average molecular weight is 131 g/mol.